The van der Waals surface area contributed by atoms with Gasteiger partial charge in [-0.15, -0.1) is 0 Å². The van der Waals surface area contributed by atoms with E-state index in [9.17, 15) is 4.79 Å². The molecule has 0 aliphatic carbocycles. The molecule has 1 amide bonds. The molecule has 156 valence electrons. The fraction of sp³-hybridized carbons (Fsp3) is 0.185. The second-order valence-corrected chi connectivity index (χ2v) is 8.08. The van der Waals surface area contributed by atoms with Gasteiger partial charge in [0, 0.05) is 11.1 Å². The van der Waals surface area contributed by atoms with Crippen molar-refractivity contribution in [2.75, 3.05) is 5.32 Å². The number of pyridine rings is 1. The van der Waals surface area contributed by atoms with Crippen LogP contribution in [-0.4, -0.2) is 10.9 Å². The number of hydrogen-bond acceptors (Lipinski definition) is 3. The lowest BCUT2D eigenvalue weighted by molar-refractivity contribution is 0.0941. The first-order valence-electron chi connectivity index (χ1n) is 10.6. The lowest BCUT2D eigenvalue weighted by Gasteiger charge is -2.16. The number of nitrogens with zero attached hydrogens (tertiary/aromatic N) is 1. The van der Waals surface area contributed by atoms with Gasteiger partial charge < -0.3 is 10.6 Å². The van der Waals surface area contributed by atoms with Crippen molar-refractivity contribution in [1.29, 1.82) is 0 Å². The highest BCUT2D eigenvalue weighted by atomic mass is 16.1. The summed E-state index contributed by atoms with van der Waals surface area (Å²) >= 11 is 0. The molecule has 1 atom stereocenters. The Bertz CT molecular complexity index is 1180. The minimum absolute atomic E-state index is 0.0967. The van der Waals surface area contributed by atoms with E-state index in [1.807, 2.05) is 79.7 Å². The molecule has 4 rings (SSSR count). The van der Waals surface area contributed by atoms with Crippen LogP contribution in [0.2, 0.25) is 0 Å². The molecular formula is C27H27N3O. The van der Waals surface area contributed by atoms with Gasteiger partial charge in [-0.1, -0.05) is 74.5 Å². The quantitative estimate of drug-likeness (QED) is 0.377. The summed E-state index contributed by atoms with van der Waals surface area (Å²) in [6, 6.07) is 27.7. The Hall–Kier alpha value is -3.66. The normalized spacial score (nSPS) is 12.0. The van der Waals surface area contributed by atoms with E-state index in [0.29, 0.717) is 17.3 Å². The van der Waals surface area contributed by atoms with E-state index >= 15 is 0 Å². The van der Waals surface area contributed by atoms with Gasteiger partial charge in [0.2, 0.25) is 0 Å². The Kier molecular flexibility index (Phi) is 5.99. The third kappa shape index (κ3) is 4.75. The van der Waals surface area contributed by atoms with Crippen molar-refractivity contribution >= 4 is 28.3 Å². The van der Waals surface area contributed by atoms with E-state index < -0.39 is 0 Å². The number of carbonyl (C=O) groups is 1. The predicted molar refractivity (Wildman–Crippen MR) is 128 cm³/mol. The molecule has 0 saturated heterocycles. The third-order valence-electron chi connectivity index (χ3n) is 5.46. The second-order valence-electron chi connectivity index (χ2n) is 8.08. The van der Waals surface area contributed by atoms with Gasteiger partial charge in [-0.3, -0.25) is 4.79 Å². The Morgan fingerprint density at radius 3 is 2.19 bits per heavy atom. The van der Waals surface area contributed by atoms with Crippen LogP contribution in [-0.2, 0) is 0 Å². The summed E-state index contributed by atoms with van der Waals surface area (Å²) in [6.45, 7) is 6.34. The average Bonchev–Trinajstić information content (AvgIpc) is 2.79. The molecule has 3 aromatic carbocycles. The molecule has 0 radical (unpaired) electrons. The van der Waals surface area contributed by atoms with Crippen LogP contribution in [0.5, 0.6) is 0 Å². The Morgan fingerprint density at radius 1 is 0.806 bits per heavy atom. The third-order valence-corrected chi connectivity index (χ3v) is 5.46. The number of aromatic nitrogens is 1. The topological polar surface area (TPSA) is 54.0 Å². The second kappa shape index (κ2) is 9.00. The summed E-state index contributed by atoms with van der Waals surface area (Å²) in [5.41, 5.74) is 4.68. The van der Waals surface area contributed by atoms with Crippen LogP contribution in [0.1, 0.15) is 54.2 Å². The Morgan fingerprint density at radius 2 is 1.48 bits per heavy atom. The zero-order valence-electron chi connectivity index (χ0n) is 18.1. The van der Waals surface area contributed by atoms with Gasteiger partial charge in [-0.05, 0) is 48.2 Å². The first-order chi connectivity index (χ1) is 15.0. The highest BCUT2D eigenvalue weighted by Crippen LogP contribution is 2.25. The predicted octanol–water partition coefficient (Wildman–Crippen LogP) is 6.59. The Balaban J connectivity index is 1.64. The zero-order chi connectivity index (χ0) is 21.8. The minimum atomic E-state index is -0.117. The highest BCUT2D eigenvalue weighted by molar-refractivity contribution is 6.07. The van der Waals surface area contributed by atoms with Crippen LogP contribution >= 0.6 is 0 Å². The molecule has 4 nitrogen and oxygen atoms in total. The molecule has 4 aromatic rings. The van der Waals surface area contributed by atoms with Crippen LogP contribution in [0.4, 0.5) is 11.5 Å². The maximum atomic E-state index is 13.2. The van der Waals surface area contributed by atoms with Crippen LogP contribution < -0.4 is 10.6 Å². The van der Waals surface area contributed by atoms with Gasteiger partial charge in [0.15, 0.2) is 0 Å². The van der Waals surface area contributed by atoms with Gasteiger partial charge in [-0.25, -0.2) is 4.98 Å². The van der Waals surface area contributed by atoms with Crippen molar-refractivity contribution in [3.8, 4) is 0 Å². The van der Waals surface area contributed by atoms with Crippen molar-refractivity contribution in [3.05, 3.63) is 102 Å². The average molecular weight is 410 g/mol. The zero-order valence-corrected chi connectivity index (χ0v) is 18.1. The van der Waals surface area contributed by atoms with Gasteiger partial charge in [-0.2, -0.15) is 0 Å². The van der Waals surface area contributed by atoms with Gasteiger partial charge in [0.05, 0.1) is 17.1 Å². The van der Waals surface area contributed by atoms with Crippen molar-refractivity contribution in [2.24, 2.45) is 0 Å². The molecule has 2 N–H and O–H groups in total. The van der Waals surface area contributed by atoms with Crippen LogP contribution in [0.3, 0.4) is 0 Å². The van der Waals surface area contributed by atoms with Crippen molar-refractivity contribution in [2.45, 2.75) is 32.7 Å². The van der Waals surface area contributed by atoms with Gasteiger partial charge >= 0.3 is 0 Å². The summed E-state index contributed by atoms with van der Waals surface area (Å²) in [5, 5.41) is 7.31. The number of rotatable bonds is 6. The highest BCUT2D eigenvalue weighted by Gasteiger charge is 2.16. The number of anilines is 2. The summed E-state index contributed by atoms with van der Waals surface area (Å²) < 4.78 is 0. The molecule has 0 fully saturated rings. The fourth-order valence-corrected chi connectivity index (χ4v) is 3.63. The number of para-hydroxylation sites is 1. The van der Waals surface area contributed by atoms with Crippen LogP contribution in [0.25, 0.3) is 10.9 Å². The van der Waals surface area contributed by atoms with E-state index in [1.54, 1.807) is 0 Å². The molecule has 0 bridgehead atoms. The fourth-order valence-electron chi connectivity index (χ4n) is 3.63. The minimum Gasteiger partial charge on any atom is -0.345 e. The number of nitrogens with one attached hydrogen (secondary N) is 2. The van der Waals surface area contributed by atoms with Crippen LogP contribution in [0.15, 0.2) is 84.9 Å². The molecule has 1 heterocycles. The maximum absolute atomic E-state index is 13.2. The Labute approximate surface area is 183 Å². The summed E-state index contributed by atoms with van der Waals surface area (Å²) in [5.74, 6) is 1.01. The van der Waals surface area contributed by atoms with E-state index in [1.165, 1.54) is 5.56 Å². The molecule has 4 heteroatoms. The number of amides is 1. The van der Waals surface area contributed by atoms with Gasteiger partial charge in [0.25, 0.3) is 5.91 Å². The maximum Gasteiger partial charge on any atom is 0.252 e. The number of carbonyl (C=O) groups excluding carboxylic acids is 1. The molecule has 0 saturated carbocycles. The van der Waals surface area contributed by atoms with E-state index in [0.717, 1.165) is 22.2 Å². The van der Waals surface area contributed by atoms with E-state index in [-0.39, 0.29) is 11.9 Å². The van der Waals surface area contributed by atoms with Crippen molar-refractivity contribution < 1.29 is 4.79 Å². The lowest BCUT2D eigenvalue weighted by atomic mass is 10.0. The van der Waals surface area contributed by atoms with Crippen molar-refractivity contribution in [3.63, 3.8) is 0 Å². The summed E-state index contributed by atoms with van der Waals surface area (Å²) in [7, 11) is 0. The first-order valence-corrected chi connectivity index (χ1v) is 10.6. The molecule has 1 aromatic heterocycles. The smallest absolute Gasteiger partial charge is 0.252 e. The first kappa shape index (κ1) is 20.6. The largest absolute Gasteiger partial charge is 0.345 e. The lowest BCUT2D eigenvalue weighted by Crippen LogP contribution is -2.27. The van der Waals surface area contributed by atoms with Crippen molar-refractivity contribution in [1.82, 2.24) is 10.3 Å². The molecule has 0 aliphatic rings. The summed E-state index contributed by atoms with van der Waals surface area (Å²) in [6.07, 6.45) is 0. The van der Waals surface area contributed by atoms with E-state index in [4.69, 9.17) is 4.98 Å². The molecule has 0 aliphatic heterocycles. The molecule has 31 heavy (non-hydrogen) atoms. The summed E-state index contributed by atoms with van der Waals surface area (Å²) in [4.78, 5) is 17.9. The molecular weight excluding hydrogens is 382 g/mol. The van der Waals surface area contributed by atoms with E-state index in [2.05, 4.69) is 36.6 Å². The van der Waals surface area contributed by atoms with Gasteiger partial charge in [0.1, 0.15) is 5.82 Å². The number of fused-ring (bicyclic) bond motifs is 1. The standard InChI is InChI=1S/C27H27N3O/c1-18(2)20-13-15-22(16-14-20)29-26-17-24(23-11-7-8-12-25(23)30-26)27(31)28-19(3)21-9-5-4-6-10-21/h4-19H,1-3H3,(H,28,31)(H,29,30)/t19-/m1/s1. The monoisotopic (exact) mass is 409 g/mol. The number of hydrogen-bond donors (Lipinski definition) is 2. The molecule has 0 spiro atoms. The van der Waals surface area contributed by atoms with Crippen LogP contribution in [0, 0.1) is 0 Å². The SMILES string of the molecule is CC(C)c1ccc(Nc2cc(C(=O)N[C@H](C)c3ccccc3)c3ccccc3n2)cc1. The molecule has 0 unspecified atom stereocenters. The number of benzene rings is 3.